The molecule has 1 aliphatic heterocycles. The Kier molecular flexibility index (Phi) is 3.49. The average Bonchev–Trinajstić information content (AvgIpc) is 2.74. The zero-order chi connectivity index (χ0) is 12.3. The lowest BCUT2D eigenvalue weighted by molar-refractivity contribution is -0.00620. The monoisotopic (exact) mass is 240 g/mol. The number of hydrogen-bond donors (Lipinski definition) is 2. The zero-order valence-electron chi connectivity index (χ0n) is 9.83. The summed E-state index contributed by atoms with van der Waals surface area (Å²) in [5.41, 5.74) is 6.32. The van der Waals surface area contributed by atoms with E-state index in [0.717, 1.165) is 6.42 Å². The van der Waals surface area contributed by atoms with Gasteiger partial charge in [0.15, 0.2) is 0 Å². The number of halogens is 1. The quantitative estimate of drug-likeness (QED) is 0.785. The molecule has 1 unspecified atom stereocenters. The largest absolute Gasteiger partial charge is 0.399 e. The van der Waals surface area contributed by atoms with Crippen molar-refractivity contribution < 1.29 is 13.9 Å². The summed E-state index contributed by atoms with van der Waals surface area (Å²) in [6, 6.07) is 4.40. The molecule has 0 radical (unpaired) electrons. The van der Waals surface area contributed by atoms with Crippen LogP contribution in [0.5, 0.6) is 0 Å². The second-order valence-electron chi connectivity index (χ2n) is 4.32. The third-order valence-corrected chi connectivity index (χ3v) is 3.03. The maximum atomic E-state index is 13.1. The minimum atomic E-state index is -0.346. The minimum absolute atomic E-state index is 0.318. The number of nitrogens with two attached hydrogens (primary N) is 1. The Morgan fingerprint density at radius 1 is 1.53 bits per heavy atom. The number of nitrogen functional groups attached to an aromatic ring is 1. The molecule has 1 saturated heterocycles. The molecule has 0 amide bonds. The van der Waals surface area contributed by atoms with E-state index in [-0.39, 0.29) is 11.4 Å². The summed E-state index contributed by atoms with van der Waals surface area (Å²) in [6.07, 6.45) is 0.835. The van der Waals surface area contributed by atoms with Crippen molar-refractivity contribution in [1.29, 1.82) is 0 Å². The van der Waals surface area contributed by atoms with E-state index in [1.165, 1.54) is 12.1 Å². The fraction of sp³-hybridized carbons (Fsp3) is 0.500. The predicted molar refractivity (Wildman–Crippen MR) is 64.5 cm³/mol. The lowest BCUT2D eigenvalue weighted by Gasteiger charge is -2.26. The standard InChI is InChI=1S/C12H17FN2O2/c1-16-12(2-3-17-8-12)7-15-11-5-9(13)4-10(14)6-11/h4-6,15H,2-3,7-8,14H2,1H3. The highest BCUT2D eigenvalue weighted by molar-refractivity contribution is 5.54. The molecule has 0 bridgehead atoms. The Balaban J connectivity index is 2.01. The fourth-order valence-corrected chi connectivity index (χ4v) is 1.94. The molecule has 3 N–H and O–H groups in total. The van der Waals surface area contributed by atoms with Crippen LogP contribution in [0.1, 0.15) is 6.42 Å². The second-order valence-corrected chi connectivity index (χ2v) is 4.32. The van der Waals surface area contributed by atoms with Crippen LogP contribution in [0.15, 0.2) is 18.2 Å². The van der Waals surface area contributed by atoms with Gasteiger partial charge in [-0.25, -0.2) is 4.39 Å². The summed E-state index contributed by atoms with van der Waals surface area (Å²) in [5, 5.41) is 3.14. The molecule has 94 valence electrons. The maximum Gasteiger partial charge on any atom is 0.127 e. The van der Waals surface area contributed by atoms with Crippen molar-refractivity contribution in [2.75, 3.05) is 37.9 Å². The van der Waals surface area contributed by atoms with Gasteiger partial charge in [0.25, 0.3) is 0 Å². The molecule has 1 aromatic carbocycles. The van der Waals surface area contributed by atoms with Gasteiger partial charge in [-0.3, -0.25) is 0 Å². The van der Waals surface area contributed by atoms with Gasteiger partial charge in [-0.05, 0) is 18.2 Å². The molecule has 17 heavy (non-hydrogen) atoms. The van der Waals surface area contributed by atoms with Gasteiger partial charge in [0.05, 0.1) is 6.61 Å². The SMILES string of the molecule is COC1(CNc2cc(N)cc(F)c2)CCOC1. The summed E-state index contributed by atoms with van der Waals surface area (Å²) in [6.45, 7) is 1.83. The van der Waals surface area contributed by atoms with Crippen molar-refractivity contribution in [3.63, 3.8) is 0 Å². The second kappa shape index (κ2) is 4.89. The van der Waals surface area contributed by atoms with Crippen molar-refractivity contribution in [3.05, 3.63) is 24.0 Å². The first-order valence-electron chi connectivity index (χ1n) is 5.56. The van der Waals surface area contributed by atoms with Crippen LogP contribution in [0.4, 0.5) is 15.8 Å². The fourth-order valence-electron chi connectivity index (χ4n) is 1.94. The van der Waals surface area contributed by atoms with E-state index >= 15 is 0 Å². The van der Waals surface area contributed by atoms with E-state index in [2.05, 4.69) is 5.32 Å². The summed E-state index contributed by atoms with van der Waals surface area (Å²) < 4.78 is 23.9. The molecule has 1 fully saturated rings. The van der Waals surface area contributed by atoms with Gasteiger partial charge in [-0.1, -0.05) is 0 Å². The summed E-state index contributed by atoms with van der Waals surface area (Å²) in [7, 11) is 1.66. The lowest BCUT2D eigenvalue weighted by atomic mass is 10.0. The number of hydrogen-bond acceptors (Lipinski definition) is 4. The Labute approximate surface area is 99.9 Å². The first kappa shape index (κ1) is 12.1. The van der Waals surface area contributed by atoms with Gasteiger partial charge in [-0.15, -0.1) is 0 Å². The highest BCUT2D eigenvalue weighted by Crippen LogP contribution is 2.24. The average molecular weight is 240 g/mol. The van der Waals surface area contributed by atoms with Crippen molar-refractivity contribution >= 4 is 11.4 Å². The van der Waals surface area contributed by atoms with Crippen LogP contribution in [0.3, 0.4) is 0 Å². The topological polar surface area (TPSA) is 56.5 Å². The Bertz CT molecular complexity index is 372. The highest BCUT2D eigenvalue weighted by Gasteiger charge is 2.34. The maximum absolute atomic E-state index is 13.1. The molecule has 0 aliphatic carbocycles. The minimum Gasteiger partial charge on any atom is -0.399 e. The third kappa shape index (κ3) is 2.87. The van der Waals surface area contributed by atoms with E-state index in [0.29, 0.717) is 31.1 Å². The lowest BCUT2D eigenvalue weighted by Crippen LogP contribution is -2.39. The number of ether oxygens (including phenoxy) is 2. The van der Waals surface area contributed by atoms with Crippen molar-refractivity contribution in [2.24, 2.45) is 0 Å². The number of anilines is 2. The summed E-state index contributed by atoms with van der Waals surface area (Å²) in [4.78, 5) is 0. The van der Waals surface area contributed by atoms with Crippen LogP contribution < -0.4 is 11.1 Å². The number of rotatable bonds is 4. The first-order valence-corrected chi connectivity index (χ1v) is 5.56. The van der Waals surface area contributed by atoms with Crippen LogP contribution in [0.2, 0.25) is 0 Å². The molecule has 1 heterocycles. The van der Waals surface area contributed by atoms with Gasteiger partial charge >= 0.3 is 0 Å². The molecule has 5 heteroatoms. The molecular formula is C12H17FN2O2. The van der Waals surface area contributed by atoms with Crippen LogP contribution >= 0.6 is 0 Å². The van der Waals surface area contributed by atoms with Gasteiger partial charge in [0.2, 0.25) is 0 Å². The molecule has 0 aromatic heterocycles. The van der Waals surface area contributed by atoms with Crippen LogP contribution in [0.25, 0.3) is 0 Å². The first-order chi connectivity index (χ1) is 8.13. The Morgan fingerprint density at radius 2 is 2.35 bits per heavy atom. The van der Waals surface area contributed by atoms with Gasteiger partial charge in [-0.2, -0.15) is 0 Å². The van der Waals surface area contributed by atoms with E-state index < -0.39 is 0 Å². The molecule has 1 aliphatic rings. The smallest absolute Gasteiger partial charge is 0.127 e. The van der Waals surface area contributed by atoms with Gasteiger partial charge in [0, 0.05) is 38.1 Å². The molecular weight excluding hydrogens is 223 g/mol. The van der Waals surface area contributed by atoms with E-state index in [1.54, 1.807) is 13.2 Å². The molecule has 0 spiro atoms. The number of nitrogens with one attached hydrogen (secondary N) is 1. The molecule has 0 saturated carbocycles. The van der Waals surface area contributed by atoms with Crippen molar-refractivity contribution in [3.8, 4) is 0 Å². The van der Waals surface area contributed by atoms with E-state index in [9.17, 15) is 4.39 Å². The molecule has 1 atom stereocenters. The van der Waals surface area contributed by atoms with Crippen LogP contribution in [-0.2, 0) is 9.47 Å². The van der Waals surface area contributed by atoms with Crippen LogP contribution in [-0.4, -0.2) is 32.5 Å². The highest BCUT2D eigenvalue weighted by atomic mass is 19.1. The number of benzene rings is 1. The van der Waals surface area contributed by atoms with Crippen molar-refractivity contribution in [1.82, 2.24) is 0 Å². The third-order valence-electron chi connectivity index (χ3n) is 3.03. The number of methoxy groups -OCH3 is 1. The van der Waals surface area contributed by atoms with E-state index in [4.69, 9.17) is 15.2 Å². The molecule has 1 aromatic rings. The van der Waals surface area contributed by atoms with Gasteiger partial charge in [0.1, 0.15) is 11.4 Å². The Hall–Kier alpha value is -1.33. The van der Waals surface area contributed by atoms with E-state index in [1.807, 2.05) is 0 Å². The molecule has 4 nitrogen and oxygen atoms in total. The van der Waals surface area contributed by atoms with Crippen molar-refractivity contribution in [2.45, 2.75) is 12.0 Å². The van der Waals surface area contributed by atoms with Gasteiger partial charge < -0.3 is 20.5 Å². The zero-order valence-corrected chi connectivity index (χ0v) is 9.83. The Morgan fingerprint density at radius 3 is 2.94 bits per heavy atom. The predicted octanol–water partition coefficient (Wildman–Crippen LogP) is 1.63. The summed E-state index contributed by atoms with van der Waals surface area (Å²) >= 11 is 0. The van der Waals surface area contributed by atoms with Crippen LogP contribution in [0, 0.1) is 5.82 Å². The summed E-state index contributed by atoms with van der Waals surface area (Å²) in [5.74, 6) is -0.346. The normalized spacial score (nSPS) is 23.9. The molecule has 2 rings (SSSR count).